The molecule has 0 bridgehead atoms. The average Bonchev–Trinajstić information content (AvgIpc) is 3.39. The first-order valence-electron chi connectivity index (χ1n) is 10.5. The standard InChI is InChI=1S/C21H28N6O3/c28-14-18-20(24-21(30)27(18)9-3-8-25-11-7-22-15-25)23-12-19(29)26-10-6-16-4-1-2-5-17(16)13-26/h2,5,7,11,15,18,28H,1,3-4,6,8-10,12-14H2,(H,23,24,30). The van der Waals surface area contributed by atoms with Gasteiger partial charge in [0.15, 0.2) is 0 Å². The number of aliphatic hydroxyl groups is 1. The second-order valence-corrected chi connectivity index (χ2v) is 7.81. The maximum absolute atomic E-state index is 12.7. The van der Waals surface area contributed by atoms with Crippen LogP contribution in [0.4, 0.5) is 4.79 Å². The summed E-state index contributed by atoms with van der Waals surface area (Å²) in [6.07, 6.45) is 13.4. The van der Waals surface area contributed by atoms with Gasteiger partial charge in [0.05, 0.1) is 12.9 Å². The van der Waals surface area contributed by atoms with Gasteiger partial charge in [0.1, 0.15) is 18.4 Å². The van der Waals surface area contributed by atoms with Crippen LogP contribution in [0.25, 0.3) is 0 Å². The number of carbonyl (C=O) groups excluding carboxylic acids is 2. The van der Waals surface area contributed by atoms with Crippen LogP contribution in [0.3, 0.4) is 0 Å². The molecule has 3 heterocycles. The van der Waals surface area contributed by atoms with Gasteiger partial charge in [0.2, 0.25) is 5.91 Å². The van der Waals surface area contributed by atoms with Gasteiger partial charge < -0.3 is 19.5 Å². The van der Waals surface area contributed by atoms with Gasteiger partial charge in [0, 0.05) is 38.6 Å². The normalized spacial score (nSPS) is 22.6. The summed E-state index contributed by atoms with van der Waals surface area (Å²) in [7, 11) is 0. The Morgan fingerprint density at radius 1 is 1.33 bits per heavy atom. The van der Waals surface area contributed by atoms with Crippen molar-refractivity contribution in [1.29, 1.82) is 0 Å². The third kappa shape index (κ3) is 4.46. The van der Waals surface area contributed by atoms with Crippen molar-refractivity contribution in [2.24, 2.45) is 4.99 Å². The monoisotopic (exact) mass is 412 g/mol. The lowest BCUT2D eigenvalue weighted by Gasteiger charge is -2.31. The molecular weight excluding hydrogens is 384 g/mol. The minimum Gasteiger partial charge on any atom is -0.394 e. The summed E-state index contributed by atoms with van der Waals surface area (Å²) in [5, 5.41) is 12.5. The smallest absolute Gasteiger partial charge is 0.323 e. The summed E-state index contributed by atoms with van der Waals surface area (Å²) in [5.41, 5.74) is 2.71. The highest BCUT2D eigenvalue weighted by Crippen LogP contribution is 2.26. The topological polar surface area (TPSA) is 103 Å². The lowest BCUT2D eigenvalue weighted by Crippen LogP contribution is -2.40. The Morgan fingerprint density at radius 2 is 2.23 bits per heavy atom. The van der Waals surface area contributed by atoms with Gasteiger partial charge in [-0.1, -0.05) is 17.7 Å². The lowest BCUT2D eigenvalue weighted by atomic mass is 9.92. The van der Waals surface area contributed by atoms with Crippen molar-refractivity contribution in [3.05, 3.63) is 42.0 Å². The van der Waals surface area contributed by atoms with E-state index in [0.717, 1.165) is 32.2 Å². The molecule has 0 aromatic carbocycles. The number of aliphatic imine (C=N–C) groups is 1. The quantitative estimate of drug-likeness (QED) is 0.696. The van der Waals surface area contributed by atoms with Crippen molar-refractivity contribution in [1.82, 2.24) is 24.7 Å². The molecule has 0 radical (unpaired) electrons. The predicted octanol–water partition coefficient (Wildman–Crippen LogP) is 0.937. The number of nitrogens with one attached hydrogen (secondary N) is 1. The molecule has 4 rings (SSSR count). The van der Waals surface area contributed by atoms with Gasteiger partial charge in [-0.05, 0) is 31.3 Å². The van der Waals surface area contributed by atoms with Crippen molar-refractivity contribution in [2.75, 3.05) is 32.8 Å². The van der Waals surface area contributed by atoms with E-state index in [-0.39, 0.29) is 25.1 Å². The predicted molar refractivity (Wildman–Crippen MR) is 112 cm³/mol. The zero-order chi connectivity index (χ0) is 20.9. The van der Waals surface area contributed by atoms with Crippen molar-refractivity contribution in [3.63, 3.8) is 0 Å². The largest absolute Gasteiger partial charge is 0.394 e. The molecule has 1 aliphatic carbocycles. The number of imidazole rings is 1. The molecule has 3 amide bonds. The average molecular weight is 412 g/mol. The third-order valence-corrected chi connectivity index (χ3v) is 5.90. The summed E-state index contributed by atoms with van der Waals surface area (Å²) in [6, 6.07) is -0.823. The van der Waals surface area contributed by atoms with Crippen LogP contribution in [0, 0.1) is 0 Å². The number of amides is 3. The maximum atomic E-state index is 12.7. The number of aliphatic hydroxyl groups excluding tert-OH is 1. The number of amidine groups is 1. The van der Waals surface area contributed by atoms with Gasteiger partial charge in [-0.25, -0.2) is 9.78 Å². The van der Waals surface area contributed by atoms with Crippen molar-refractivity contribution >= 4 is 17.8 Å². The summed E-state index contributed by atoms with van der Waals surface area (Å²) < 4.78 is 1.94. The molecule has 1 unspecified atom stereocenters. The number of nitrogens with zero attached hydrogens (tertiary/aromatic N) is 5. The third-order valence-electron chi connectivity index (χ3n) is 5.90. The molecule has 1 saturated heterocycles. The molecule has 160 valence electrons. The van der Waals surface area contributed by atoms with E-state index < -0.39 is 6.04 Å². The van der Waals surface area contributed by atoms with E-state index >= 15 is 0 Å². The molecule has 1 aromatic rings. The number of rotatable bonds is 7. The Labute approximate surface area is 175 Å². The summed E-state index contributed by atoms with van der Waals surface area (Å²) in [4.78, 5) is 36.8. The Bertz CT molecular complexity index is 873. The van der Waals surface area contributed by atoms with E-state index in [9.17, 15) is 14.7 Å². The van der Waals surface area contributed by atoms with E-state index in [4.69, 9.17) is 0 Å². The molecule has 0 saturated carbocycles. The molecule has 2 aliphatic heterocycles. The van der Waals surface area contributed by atoms with Crippen LogP contribution in [-0.2, 0) is 11.3 Å². The maximum Gasteiger partial charge on any atom is 0.323 e. The van der Waals surface area contributed by atoms with Gasteiger partial charge in [-0.3, -0.25) is 15.1 Å². The van der Waals surface area contributed by atoms with E-state index in [1.807, 2.05) is 15.7 Å². The number of aromatic nitrogens is 2. The molecule has 30 heavy (non-hydrogen) atoms. The van der Waals surface area contributed by atoms with E-state index in [2.05, 4.69) is 27.4 Å². The summed E-state index contributed by atoms with van der Waals surface area (Å²) in [6.45, 7) is 2.30. The Kier molecular flexibility index (Phi) is 6.27. The fourth-order valence-electron chi connectivity index (χ4n) is 4.22. The van der Waals surface area contributed by atoms with Crippen molar-refractivity contribution in [2.45, 2.75) is 38.3 Å². The molecule has 3 aliphatic rings. The molecular formula is C21H28N6O3. The molecule has 9 nitrogen and oxygen atoms in total. The SMILES string of the molecule is O=C(CN=C1NC(=O)N(CCCn2ccnc2)C1CO)N1CCC2=C(C=CCC2)C1. The van der Waals surface area contributed by atoms with Crippen LogP contribution in [0.2, 0.25) is 0 Å². The van der Waals surface area contributed by atoms with Crippen LogP contribution in [-0.4, -0.2) is 81.1 Å². The minimum absolute atomic E-state index is 0.0265. The number of hydrogen-bond acceptors (Lipinski definition) is 5. The van der Waals surface area contributed by atoms with E-state index in [1.54, 1.807) is 17.4 Å². The van der Waals surface area contributed by atoms with Crippen LogP contribution in [0.1, 0.15) is 25.7 Å². The molecule has 0 spiro atoms. The Hall–Kier alpha value is -2.94. The molecule has 9 heteroatoms. The van der Waals surface area contributed by atoms with E-state index in [0.29, 0.717) is 25.5 Å². The molecule has 1 aromatic heterocycles. The zero-order valence-corrected chi connectivity index (χ0v) is 17.0. The molecule has 1 fully saturated rings. The van der Waals surface area contributed by atoms with Gasteiger partial charge >= 0.3 is 6.03 Å². The summed E-state index contributed by atoms with van der Waals surface area (Å²) >= 11 is 0. The fourth-order valence-corrected chi connectivity index (χ4v) is 4.22. The number of hydrogen-bond donors (Lipinski definition) is 2. The first-order valence-corrected chi connectivity index (χ1v) is 10.5. The van der Waals surface area contributed by atoms with Gasteiger partial charge in [0.25, 0.3) is 0 Å². The van der Waals surface area contributed by atoms with Gasteiger partial charge in [-0.2, -0.15) is 0 Å². The highest BCUT2D eigenvalue weighted by molar-refractivity contribution is 6.07. The van der Waals surface area contributed by atoms with E-state index in [1.165, 1.54) is 11.1 Å². The molecule has 2 N–H and O–H groups in total. The van der Waals surface area contributed by atoms with Crippen LogP contribution in [0.15, 0.2) is 47.0 Å². The Balaban J connectivity index is 1.32. The second kappa shape index (κ2) is 9.25. The van der Waals surface area contributed by atoms with Gasteiger partial charge in [-0.15, -0.1) is 0 Å². The Morgan fingerprint density at radius 3 is 3.03 bits per heavy atom. The first kappa shape index (κ1) is 20.3. The summed E-state index contributed by atoms with van der Waals surface area (Å²) in [5.74, 6) is 0.311. The van der Waals surface area contributed by atoms with Crippen LogP contribution in [0.5, 0.6) is 0 Å². The highest BCUT2D eigenvalue weighted by Gasteiger charge is 2.35. The fraction of sp³-hybridized carbons (Fsp3) is 0.524. The second-order valence-electron chi connectivity index (χ2n) is 7.81. The minimum atomic E-state index is -0.537. The number of urea groups is 1. The number of carbonyl (C=O) groups is 2. The first-order chi connectivity index (χ1) is 14.7. The zero-order valence-electron chi connectivity index (χ0n) is 17.0. The number of allylic oxidation sites excluding steroid dienone is 1. The number of aryl methyl sites for hydroxylation is 1. The van der Waals surface area contributed by atoms with Crippen LogP contribution >= 0.6 is 0 Å². The molecule has 1 atom stereocenters. The van der Waals surface area contributed by atoms with Crippen molar-refractivity contribution in [3.8, 4) is 0 Å². The van der Waals surface area contributed by atoms with Crippen LogP contribution < -0.4 is 5.32 Å². The van der Waals surface area contributed by atoms with Crippen molar-refractivity contribution < 1.29 is 14.7 Å². The lowest BCUT2D eigenvalue weighted by molar-refractivity contribution is -0.129. The highest BCUT2D eigenvalue weighted by atomic mass is 16.3.